The average molecular weight is 323 g/mol. The van der Waals surface area contributed by atoms with Gasteiger partial charge in [-0.2, -0.15) is 0 Å². The first-order valence-corrected chi connectivity index (χ1v) is 7.85. The van der Waals surface area contributed by atoms with E-state index < -0.39 is 11.9 Å². The van der Waals surface area contributed by atoms with E-state index in [-0.39, 0.29) is 0 Å². The number of benzene rings is 1. The van der Waals surface area contributed by atoms with E-state index in [2.05, 4.69) is 23.5 Å². The molecule has 1 fully saturated rings. The molecule has 23 heavy (non-hydrogen) atoms. The molecule has 0 saturated heterocycles. The number of rotatable bonds is 4. The molecule has 3 N–H and O–H groups in total. The molecular formula is C17H25NO5. The molecule has 1 saturated carbocycles. The van der Waals surface area contributed by atoms with Crippen molar-refractivity contribution in [3.8, 4) is 5.75 Å². The predicted molar refractivity (Wildman–Crippen MR) is 86.6 cm³/mol. The molecule has 0 aromatic heterocycles. The second kappa shape index (κ2) is 10.6. The number of nitrogens with one attached hydrogen (secondary N) is 1. The zero-order valence-electron chi connectivity index (χ0n) is 13.5. The van der Waals surface area contributed by atoms with Crippen molar-refractivity contribution in [3.63, 3.8) is 0 Å². The Morgan fingerprint density at radius 1 is 1.13 bits per heavy atom. The molecule has 0 radical (unpaired) electrons. The minimum atomic E-state index is -1.82. The summed E-state index contributed by atoms with van der Waals surface area (Å²) >= 11 is 0. The molecule has 0 atom stereocenters. The van der Waals surface area contributed by atoms with Crippen LogP contribution in [0.4, 0.5) is 0 Å². The van der Waals surface area contributed by atoms with Gasteiger partial charge in [0.15, 0.2) is 0 Å². The molecule has 2 rings (SSSR count). The van der Waals surface area contributed by atoms with E-state index in [0.29, 0.717) is 6.04 Å². The highest BCUT2D eigenvalue weighted by molar-refractivity contribution is 6.27. The number of hydrogen-bond donors (Lipinski definition) is 3. The maximum atomic E-state index is 9.10. The third-order valence-electron chi connectivity index (χ3n) is 3.77. The summed E-state index contributed by atoms with van der Waals surface area (Å²) in [4.78, 5) is 18.2. The minimum absolute atomic E-state index is 0.712. The Labute approximate surface area is 136 Å². The summed E-state index contributed by atoms with van der Waals surface area (Å²) < 4.78 is 5.24. The van der Waals surface area contributed by atoms with Gasteiger partial charge in [0.05, 0.1) is 7.11 Å². The largest absolute Gasteiger partial charge is 0.497 e. The van der Waals surface area contributed by atoms with Gasteiger partial charge in [0.1, 0.15) is 5.75 Å². The number of carboxylic acid groups (broad SMARTS) is 2. The van der Waals surface area contributed by atoms with Crippen LogP contribution in [0.3, 0.4) is 0 Å². The van der Waals surface area contributed by atoms with Crippen molar-refractivity contribution < 1.29 is 24.5 Å². The standard InChI is InChI=1S/C15H23NO.C2H2O4/c1-17-15-10-6-7-13(11-15)12-16-14-8-4-2-3-5-9-14;3-1(4)2(5)6/h6-7,10-11,14,16H,2-5,8-9,12H2,1H3;(H,3,4)(H,5,6). The highest BCUT2D eigenvalue weighted by Crippen LogP contribution is 2.18. The van der Waals surface area contributed by atoms with Gasteiger partial charge in [-0.3, -0.25) is 0 Å². The van der Waals surface area contributed by atoms with Crippen molar-refractivity contribution in [1.29, 1.82) is 0 Å². The molecule has 128 valence electrons. The zero-order chi connectivity index (χ0) is 17.1. The van der Waals surface area contributed by atoms with E-state index in [4.69, 9.17) is 24.5 Å². The molecular weight excluding hydrogens is 298 g/mol. The third kappa shape index (κ3) is 8.21. The molecule has 0 aliphatic heterocycles. The molecule has 0 spiro atoms. The highest BCUT2D eigenvalue weighted by Gasteiger charge is 2.11. The molecule has 1 aromatic rings. The number of carboxylic acids is 2. The van der Waals surface area contributed by atoms with Gasteiger partial charge < -0.3 is 20.3 Å². The molecule has 0 amide bonds. The van der Waals surface area contributed by atoms with Gasteiger partial charge in [0.25, 0.3) is 0 Å². The number of methoxy groups -OCH3 is 1. The molecule has 6 nitrogen and oxygen atoms in total. The Morgan fingerprint density at radius 3 is 2.26 bits per heavy atom. The van der Waals surface area contributed by atoms with E-state index in [1.807, 2.05) is 6.07 Å². The van der Waals surface area contributed by atoms with Crippen LogP contribution in [0.25, 0.3) is 0 Å². The summed E-state index contributed by atoms with van der Waals surface area (Å²) in [6.07, 6.45) is 8.27. The number of hydrogen-bond acceptors (Lipinski definition) is 4. The zero-order valence-corrected chi connectivity index (χ0v) is 13.5. The minimum Gasteiger partial charge on any atom is -0.497 e. The van der Waals surface area contributed by atoms with Crippen LogP contribution >= 0.6 is 0 Å². The number of carbonyl (C=O) groups is 2. The predicted octanol–water partition coefficient (Wildman–Crippen LogP) is 2.66. The third-order valence-corrected chi connectivity index (χ3v) is 3.77. The fourth-order valence-electron chi connectivity index (χ4n) is 2.53. The lowest BCUT2D eigenvalue weighted by atomic mass is 10.1. The molecule has 0 unspecified atom stereocenters. The Kier molecular flexibility index (Phi) is 8.75. The quantitative estimate of drug-likeness (QED) is 0.582. The number of aliphatic carboxylic acids is 2. The first kappa shape index (κ1) is 19.0. The van der Waals surface area contributed by atoms with Gasteiger partial charge in [-0.15, -0.1) is 0 Å². The Morgan fingerprint density at radius 2 is 1.74 bits per heavy atom. The normalized spacial score (nSPS) is 15.0. The van der Waals surface area contributed by atoms with Gasteiger partial charge in [0.2, 0.25) is 0 Å². The average Bonchev–Trinajstić information content (AvgIpc) is 2.82. The van der Waals surface area contributed by atoms with Crippen molar-refractivity contribution in [1.82, 2.24) is 5.32 Å². The van der Waals surface area contributed by atoms with Crippen molar-refractivity contribution in [2.45, 2.75) is 51.1 Å². The van der Waals surface area contributed by atoms with Crippen LogP contribution in [0.5, 0.6) is 5.75 Å². The Bertz CT molecular complexity index is 484. The second-order valence-electron chi connectivity index (χ2n) is 5.53. The van der Waals surface area contributed by atoms with Gasteiger partial charge in [-0.25, -0.2) is 9.59 Å². The van der Waals surface area contributed by atoms with Crippen LogP contribution in [-0.4, -0.2) is 35.3 Å². The molecule has 0 bridgehead atoms. The molecule has 1 aliphatic carbocycles. The first-order chi connectivity index (χ1) is 11.0. The van der Waals surface area contributed by atoms with Crippen molar-refractivity contribution in [2.24, 2.45) is 0 Å². The van der Waals surface area contributed by atoms with Gasteiger partial charge in [-0.05, 0) is 30.5 Å². The monoisotopic (exact) mass is 323 g/mol. The van der Waals surface area contributed by atoms with Crippen LogP contribution in [0.15, 0.2) is 24.3 Å². The second-order valence-corrected chi connectivity index (χ2v) is 5.53. The van der Waals surface area contributed by atoms with Crippen molar-refractivity contribution >= 4 is 11.9 Å². The summed E-state index contributed by atoms with van der Waals surface area (Å²) in [7, 11) is 1.72. The molecule has 1 aliphatic rings. The fourth-order valence-corrected chi connectivity index (χ4v) is 2.53. The maximum absolute atomic E-state index is 9.10. The van der Waals surface area contributed by atoms with Gasteiger partial charge in [-0.1, -0.05) is 37.8 Å². The van der Waals surface area contributed by atoms with Crippen molar-refractivity contribution in [3.05, 3.63) is 29.8 Å². The van der Waals surface area contributed by atoms with E-state index in [9.17, 15) is 0 Å². The van der Waals surface area contributed by atoms with E-state index >= 15 is 0 Å². The molecule has 0 heterocycles. The fraction of sp³-hybridized carbons (Fsp3) is 0.529. The van der Waals surface area contributed by atoms with E-state index in [1.165, 1.54) is 44.1 Å². The van der Waals surface area contributed by atoms with E-state index in [0.717, 1.165) is 12.3 Å². The Balaban J connectivity index is 0.000000379. The van der Waals surface area contributed by atoms with Gasteiger partial charge >= 0.3 is 11.9 Å². The van der Waals surface area contributed by atoms with Crippen LogP contribution in [0.2, 0.25) is 0 Å². The lowest BCUT2D eigenvalue weighted by Crippen LogP contribution is -2.27. The van der Waals surface area contributed by atoms with Crippen LogP contribution in [0.1, 0.15) is 44.1 Å². The number of ether oxygens (including phenoxy) is 1. The summed E-state index contributed by atoms with van der Waals surface area (Å²) in [5, 5.41) is 18.5. The lowest BCUT2D eigenvalue weighted by molar-refractivity contribution is -0.159. The SMILES string of the molecule is COc1cccc(CNC2CCCCCC2)c1.O=C(O)C(=O)O. The highest BCUT2D eigenvalue weighted by atomic mass is 16.5. The lowest BCUT2D eigenvalue weighted by Gasteiger charge is -2.16. The Hall–Kier alpha value is -2.08. The summed E-state index contributed by atoms with van der Waals surface area (Å²) in [6.45, 7) is 0.960. The maximum Gasteiger partial charge on any atom is 0.414 e. The van der Waals surface area contributed by atoms with Gasteiger partial charge in [0, 0.05) is 12.6 Å². The van der Waals surface area contributed by atoms with Crippen molar-refractivity contribution in [2.75, 3.05) is 7.11 Å². The topological polar surface area (TPSA) is 95.9 Å². The summed E-state index contributed by atoms with van der Waals surface area (Å²) in [5.74, 6) is -2.70. The molecule has 1 aromatic carbocycles. The summed E-state index contributed by atoms with van der Waals surface area (Å²) in [6, 6.07) is 9.04. The first-order valence-electron chi connectivity index (χ1n) is 7.85. The van der Waals surface area contributed by atoms with Crippen LogP contribution < -0.4 is 10.1 Å². The van der Waals surface area contributed by atoms with Crippen LogP contribution in [0, 0.1) is 0 Å². The smallest absolute Gasteiger partial charge is 0.414 e. The van der Waals surface area contributed by atoms with Crippen LogP contribution in [-0.2, 0) is 16.1 Å². The van der Waals surface area contributed by atoms with E-state index in [1.54, 1.807) is 7.11 Å². The molecule has 6 heteroatoms. The summed E-state index contributed by atoms with van der Waals surface area (Å²) in [5.41, 5.74) is 1.31.